The highest BCUT2D eigenvalue weighted by Crippen LogP contribution is 2.50. The fraction of sp³-hybridized carbons (Fsp3) is 0.323. The molecule has 1 fully saturated rings. The van der Waals surface area contributed by atoms with E-state index < -0.39 is 11.2 Å². The van der Waals surface area contributed by atoms with Crippen LogP contribution in [0.5, 0.6) is 0 Å². The van der Waals surface area contributed by atoms with Gasteiger partial charge in [-0.1, -0.05) is 54.6 Å². The molecule has 7 heteroatoms. The van der Waals surface area contributed by atoms with Crippen LogP contribution in [0.25, 0.3) is 0 Å². The highest BCUT2D eigenvalue weighted by Gasteiger charge is 2.52. The molecule has 1 saturated carbocycles. The first-order valence-electron chi connectivity index (χ1n) is 12.9. The lowest BCUT2D eigenvalue weighted by Crippen LogP contribution is -2.32. The van der Waals surface area contributed by atoms with Crippen LogP contribution in [0.1, 0.15) is 59.3 Å². The number of hydrogen-bond donors (Lipinski definition) is 2. The van der Waals surface area contributed by atoms with Gasteiger partial charge in [-0.25, -0.2) is 0 Å². The van der Waals surface area contributed by atoms with Crippen molar-refractivity contribution < 1.29 is 24.2 Å². The average Bonchev–Trinajstić information content (AvgIpc) is 3.58. The number of ether oxygens (including phenoxy) is 1. The number of amides is 2. The third-order valence-electron chi connectivity index (χ3n) is 7.04. The minimum Gasteiger partial charge on any atom is -0.433 e. The van der Waals surface area contributed by atoms with Gasteiger partial charge in [0.15, 0.2) is 0 Å². The van der Waals surface area contributed by atoms with Crippen molar-refractivity contribution in [2.75, 3.05) is 5.32 Å². The van der Waals surface area contributed by atoms with Crippen molar-refractivity contribution in [1.29, 1.82) is 0 Å². The highest BCUT2D eigenvalue weighted by atomic mass is 16.7. The molecule has 38 heavy (non-hydrogen) atoms. The van der Waals surface area contributed by atoms with Gasteiger partial charge >= 0.3 is 5.97 Å². The number of hydrogen-bond acceptors (Lipinski definition) is 5. The van der Waals surface area contributed by atoms with Crippen LogP contribution in [0.15, 0.2) is 72.8 Å². The van der Waals surface area contributed by atoms with Crippen LogP contribution in [-0.2, 0) is 40.3 Å². The average molecular weight is 513 g/mol. The van der Waals surface area contributed by atoms with Crippen LogP contribution >= 0.6 is 0 Å². The summed E-state index contributed by atoms with van der Waals surface area (Å²) in [6.07, 6.45) is 2.15. The molecule has 3 aromatic rings. The van der Waals surface area contributed by atoms with Crippen LogP contribution in [0.3, 0.4) is 0 Å². The Labute approximate surface area is 222 Å². The molecule has 196 valence electrons. The minimum atomic E-state index is -1.50. The normalized spacial score (nSPS) is 15.7. The molecule has 0 saturated heterocycles. The van der Waals surface area contributed by atoms with Crippen molar-refractivity contribution in [1.82, 2.24) is 4.90 Å². The zero-order valence-electron chi connectivity index (χ0n) is 21.7. The molecule has 2 N–H and O–H groups in total. The summed E-state index contributed by atoms with van der Waals surface area (Å²) in [4.78, 5) is 39.7. The first-order chi connectivity index (χ1) is 18.1. The third kappa shape index (κ3) is 5.94. The molecule has 2 aliphatic rings. The van der Waals surface area contributed by atoms with E-state index >= 15 is 0 Å². The molecule has 0 spiro atoms. The molecule has 1 heterocycles. The standard InChI is InChI=1S/C31H32N2O5/c1-30(2,37)38-29(36)31(14-15-31)18-23-6-5-8-25(16-23)32-27(34)17-21-10-12-22(13-11-21)19-33-20-24-7-3-4-9-26(24)28(33)35/h3-13,16,37H,14-15,17-20H2,1-2H3,(H,32,34). The van der Waals surface area contributed by atoms with E-state index in [1.165, 1.54) is 13.8 Å². The Morgan fingerprint density at radius 3 is 2.37 bits per heavy atom. The minimum absolute atomic E-state index is 0.0491. The van der Waals surface area contributed by atoms with Crippen LogP contribution in [0.4, 0.5) is 5.69 Å². The molecular weight excluding hydrogens is 480 g/mol. The van der Waals surface area contributed by atoms with Gasteiger partial charge < -0.3 is 20.1 Å². The number of fused-ring (bicyclic) bond motifs is 1. The Kier molecular flexibility index (Phi) is 6.80. The largest absolute Gasteiger partial charge is 0.433 e. The van der Waals surface area contributed by atoms with Gasteiger partial charge in [0, 0.05) is 38.2 Å². The van der Waals surface area contributed by atoms with Crippen molar-refractivity contribution in [3.8, 4) is 0 Å². The molecule has 1 aliphatic heterocycles. The summed E-state index contributed by atoms with van der Waals surface area (Å²) >= 11 is 0. The molecule has 0 aromatic heterocycles. The summed E-state index contributed by atoms with van der Waals surface area (Å²) < 4.78 is 5.19. The number of rotatable bonds is 9. The number of carbonyl (C=O) groups is 3. The fourth-order valence-electron chi connectivity index (χ4n) is 4.90. The maximum Gasteiger partial charge on any atom is 0.314 e. The predicted octanol–water partition coefficient (Wildman–Crippen LogP) is 4.62. The van der Waals surface area contributed by atoms with Crippen LogP contribution in [0.2, 0.25) is 0 Å². The number of benzene rings is 3. The van der Waals surface area contributed by atoms with Gasteiger partial charge in [-0.2, -0.15) is 0 Å². The van der Waals surface area contributed by atoms with Crippen LogP contribution < -0.4 is 5.32 Å². The maximum absolute atomic E-state index is 12.7. The monoisotopic (exact) mass is 512 g/mol. The molecule has 0 radical (unpaired) electrons. The van der Waals surface area contributed by atoms with Crippen LogP contribution in [-0.4, -0.2) is 33.6 Å². The Balaban J connectivity index is 1.14. The molecule has 3 aromatic carbocycles. The van der Waals surface area contributed by atoms with Gasteiger partial charge in [-0.3, -0.25) is 14.4 Å². The van der Waals surface area contributed by atoms with E-state index in [4.69, 9.17) is 4.74 Å². The van der Waals surface area contributed by atoms with E-state index in [9.17, 15) is 19.5 Å². The Bertz CT molecular complexity index is 1370. The predicted molar refractivity (Wildman–Crippen MR) is 143 cm³/mol. The van der Waals surface area contributed by atoms with Gasteiger partial charge in [0.2, 0.25) is 11.7 Å². The van der Waals surface area contributed by atoms with E-state index in [0.717, 1.165) is 27.8 Å². The Hall–Kier alpha value is -3.97. The van der Waals surface area contributed by atoms with E-state index in [2.05, 4.69) is 5.32 Å². The zero-order chi connectivity index (χ0) is 26.9. The quantitative estimate of drug-likeness (QED) is 0.322. The highest BCUT2D eigenvalue weighted by molar-refractivity contribution is 5.98. The lowest BCUT2D eigenvalue weighted by atomic mass is 9.96. The van der Waals surface area contributed by atoms with E-state index in [0.29, 0.717) is 38.0 Å². The van der Waals surface area contributed by atoms with E-state index in [1.54, 1.807) is 0 Å². The SMILES string of the molecule is CC(C)(O)OC(=O)C1(Cc2cccc(NC(=O)Cc3ccc(CN4Cc5ccccc5C4=O)cc3)c2)CC1. The molecular formula is C31H32N2O5. The summed E-state index contributed by atoms with van der Waals surface area (Å²) in [6.45, 7) is 4.02. The smallest absolute Gasteiger partial charge is 0.314 e. The lowest BCUT2D eigenvalue weighted by molar-refractivity contribution is -0.201. The van der Waals surface area contributed by atoms with Crippen molar-refractivity contribution in [3.63, 3.8) is 0 Å². The molecule has 2 amide bonds. The van der Waals surface area contributed by atoms with Crippen LogP contribution in [0, 0.1) is 5.41 Å². The summed E-state index contributed by atoms with van der Waals surface area (Å²) in [6, 6.07) is 22.9. The number of carbonyl (C=O) groups excluding carboxylic acids is 3. The van der Waals surface area contributed by atoms with Gasteiger partial charge in [0.25, 0.3) is 5.91 Å². The summed E-state index contributed by atoms with van der Waals surface area (Å²) in [5.74, 6) is -1.98. The van der Waals surface area contributed by atoms with E-state index in [-0.39, 0.29) is 24.2 Å². The third-order valence-corrected chi connectivity index (χ3v) is 7.04. The summed E-state index contributed by atoms with van der Waals surface area (Å²) in [5, 5.41) is 12.8. The fourth-order valence-corrected chi connectivity index (χ4v) is 4.90. The maximum atomic E-state index is 12.7. The topological polar surface area (TPSA) is 95.9 Å². The second-order valence-corrected chi connectivity index (χ2v) is 10.9. The second kappa shape index (κ2) is 10.1. The molecule has 1 aliphatic carbocycles. The van der Waals surface area contributed by atoms with Crippen molar-refractivity contribution in [3.05, 3.63) is 101 Å². The first-order valence-corrected chi connectivity index (χ1v) is 12.9. The van der Waals surface area contributed by atoms with Crippen molar-refractivity contribution in [2.45, 2.75) is 58.4 Å². The number of esters is 1. The lowest BCUT2D eigenvalue weighted by Gasteiger charge is -2.22. The van der Waals surface area contributed by atoms with Gasteiger partial charge in [-0.15, -0.1) is 0 Å². The van der Waals surface area contributed by atoms with Gasteiger partial charge in [0.1, 0.15) is 0 Å². The Morgan fingerprint density at radius 1 is 0.974 bits per heavy atom. The van der Waals surface area contributed by atoms with Crippen molar-refractivity contribution >= 4 is 23.5 Å². The number of aliphatic hydroxyl groups is 1. The Morgan fingerprint density at radius 2 is 1.68 bits per heavy atom. The molecule has 0 bridgehead atoms. The molecule has 0 atom stereocenters. The molecule has 7 nitrogen and oxygen atoms in total. The zero-order valence-corrected chi connectivity index (χ0v) is 21.7. The second-order valence-electron chi connectivity index (χ2n) is 10.9. The summed E-state index contributed by atoms with van der Waals surface area (Å²) in [7, 11) is 0. The molecule has 0 unspecified atom stereocenters. The van der Waals surface area contributed by atoms with Gasteiger partial charge in [-0.05, 0) is 59.7 Å². The first kappa shape index (κ1) is 25.7. The van der Waals surface area contributed by atoms with Crippen molar-refractivity contribution in [2.24, 2.45) is 5.41 Å². The number of anilines is 1. The number of nitrogens with one attached hydrogen (secondary N) is 1. The summed E-state index contributed by atoms with van der Waals surface area (Å²) in [5.41, 5.74) is 4.71. The van der Waals surface area contributed by atoms with Gasteiger partial charge in [0.05, 0.1) is 11.8 Å². The number of nitrogens with zero attached hydrogens (tertiary/aromatic N) is 1. The molecule has 5 rings (SSSR count). The van der Waals surface area contributed by atoms with E-state index in [1.807, 2.05) is 77.7 Å².